The first-order valence-corrected chi connectivity index (χ1v) is 7.72. The Labute approximate surface area is 131 Å². The van der Waals surface area contributed by atoms with Crippen molar-refractivity contribution < 1.29 is 19.4 Å². The molecule has 0 saturated heterocycles. The van der Waals surface area contributed by atoms with Gasteiger partial charge in [0.2, 0.25) is 5.91 Å². The lowest BCUT2D eigenvalue weighted by atomic mass is 10.2. The smallest absolute Gasteiger partial charge is 0.228 e. The maximum Gasteiger partial charge on any atom is 0.228 e. The zero-order valence-electron chi connectivity index (χ0n) is 11.9. The van der Waals surface area contributed by atoms with E-state index in [2.05, 4.69) is 4.98 Å². The van der Waals surface area contributed by atoms with Gasteiger partial charge < -0.3 is 15.1 Å². The zero-order chi connectivity index (χ0) is 15.9. The molecule has 1 heterocycles. The number of benzene rings is 1. The molecule has 0 unspecified atom stereocenters. The maximum atomic E-state index is 13.2. The van der Waals surface area contributed by atoms with Gasteiger partial charge in [-0.1, -0.05) is 12.1 Å². The van der Waals surface area contributed by atoms with Gasteiger partial charge in [-0.2, -0.15) is 0 Å². The average molecular weight is 324 g/mol. The first-order valence-electron chi connectivity index (χ1n) is 6.84. The second kappa shape index (κ2) is 7.98. The van der Waals surface area contributed by atoms with Crippen molar-refractivity contribution in [3.8, 4) is 10.6 Å². The highest BCUT2D eigenvalue weighted by Crippen LogP contribution is 2.24. The summed E-state index contributed by atoms with van der Waals surface area (Å²) in [4.78, 5) is 17.8. The van der Waals surface area contributed by atoms with Gasteiger partial charge in [0.05, 0.1) is 25.3 Å². The van der Waals surface area contributed by atoms with E-state index in [9.17, 15) is 9.18 Å². The number of hydrogen-bond acceptors (Lipinski definition) is 5. The Morgan fingerprint density at radius 3 is 2.64 bits per heavy atom. The molecule has 5 nitrogen and oxygen atoms in total. The Morgan fingerprint density at radius 2 is 2.00 bits per heavy atom. The number of aliphatic hydroxyl groups is 2. The zero-order valence-corrected chi connectivity index (χ0v) is 12.7. The summed E-state index contributed by atoms with van der Waals surface area (Å²) in [5, 5.41) is 20.3. The molecule has 1 aromatic heterocycles. The first-order chi connectivity index (χ1) is 10.6. The van der Waals surface area contributed by atoms with Crippen molar-refractivity contribution in [2.75, 3.05) is 26.3 Å². The number of aromatic nitrogens is 1. The van der Waals surface area contributed by atoms with Gasteiger partial charge in [0, 0.05) is 24.0 Å². The van der Waals surface area contributed by atoms with Crippen molar-refractivity contribution in [1.82, 2.24) is 9.88 Å². The van der Waals surface area contributed by atoms with Crippen LogP contribution in [0, 0.1) is 5.82 Å². The van der Waals surface area contributed by atoms with Crippen LogP contribution in [0.4, 0.5) is 4.39 Å². The molecule has 22 heavy (non-hydrogen) atoms. The molecule has 118 valence electrons. The molecule has 7 heteroatoms. The van der Waals surface area contributed by atoms with E-state index in [0.29, 0.717) is 16.3 Å². The molecule has 1 amide bonds. The quantitative estimate of drug-likeness (QED) is 0.805. The Balaban J connectivity index is 2.06. The van der Waals surface area contributed by atoms with Crippen LogP contribution < -0.4 is 0 Å². The fourth-order valence-corrected chi connectivity index (χ4v) is 2.83. The van der Waals surface area contributed by atoms with Crippen LogP contribution in [0.25, 0.3) is 10.6 Å². The van der Waals surface area contributed by atoms with Gasteiger partial charge in [0.1, 0.15) is 10.8 Å². The Hall–Kier alpha value is -1.83. The Kier molecular flexibility index (Phi) is 6.00. The predicted molar refractivity (Wildman–Crippen MR) is 82.0 cm³/mol. The molecular formula is C15H17FN2O3S. The standard InChI is InChI=1S/C15H17FN2O3S/c16-12-3-1-2-11(8-12)15-17-13(10-22-15)9-14(21)18(4-6-19)5-7-20/h1-3,8,10,19-20H,4-7,9H2. The second-order valence-corrected chi connectivity index (χ2v) is 5.52. The lowest BCUT2D eigenvalue weighted by Gasteiger charge is -2.20. The summed E-state index contributed by atoms with van der Waals surface area (Å²) in [6, 6.07) is 6.13. The summed E-state index contributed by atoms with van der Waals surface area (Å²) >= 11 is 1.34. The van der Waals surface area contributed by atoms with Crippen molar-refractivity contribution in [2.24, 2.45) is 0 Å². The van der Waals surface area contributed by atoms with Crippen molar-refractivity contribution in [3.05, 3.63) is 41.2 Å². The maximum absolute atomic E-state index is 13.2. The highest BCUT2D eigenvalue weighted by Gasteiger charge is 2.15. The minimum atomic E-state index is -0.331. The lowest BCUT2D eigenvalue weighted by Crippen LogP contribution is -2.36. The molecule has 0 saturated carbocycles. The summed E-state index contributed by atoms with van der Waals surface area (Å²) in [7, 11) is 0. The number of thiazole rings is 1. The fraction of sp³-hybridized carbons (Fsp3) is 0.333. The summed E-state index contributed by atoms with van der Waals surface area (Å²) in [6.07, 6.45) is 0.0891. The number of nitrogens with zero attached hydrogens (tertiary/aromatic N) is 2. The number of carbonyl (C=O) groups is 1. The molecule has 0 aliphatic heterocycles. The monoisotopic (exact) mass is 324 g/mol. The SMILES string of the molecule is O=C(Cc1csc(-c2cccc(F)c2)n1)N(CCO)CCO. The number of amides is 1. The van der Waals surface area contributed by atoms with E-state index in [1.807, 2.05) is 0 Å². The number of halogens is 1. The first kappa shape index (κ1) is 16.5. The van der Waals surface area contributed by atoms with Crippen molar-refractivity contribution in [3.63, 3.8) is 0 Å². The molecule has 0 fully saturated rings. The normalized spacial score (nSPS) is 10.7. The van der Waals surface area contributed by atoms with Gasteiger partial charge in [0.25, 0.3) is 0 Å². The van der Waals surface area contributed by atoms with Crippen LogP contribution in [0.3, 0.4) is 0 Å². The molecule has 2 aromatic rings. The summed E-state index contributed by atoms with van der Waals surface area (Å²) < 4.78 is 13.2. The van der Waals surface area contributed by atoms with E-state index in [1.165, 1.54) is 28.4 Å². The van der Waals surface area contributed by atoms with E-state index >= 15 is 0 Å². The van der Waals surface area contributed by atoms with Crippen LogP contribution >= 0.6 is 11.3 Å². The fourth-order valence-electron chi connectivity index (χ4n) is 2.01. The van der Waals surface area contributed by atoms with E-state index in [-0.39, 0.29) is 44.4 Å². The van der Waals surface area contributed by atoms with Gasteiger partial charge in [-0.3, -0.25) is 4.79 Å². The van der Waals surface area contributed by atoms with E-state index in [0.717, 1.165) is 0 Å². The van der Waals surface area contributed by atoms with Crippen LogP contribution in [0.2, 0.25) is 0 Å². The molecule has 0 aliphatic rings. The number of carbonyl (C=O) groups excluding carboxylic acids is 1. The van der Waals surface area contributed by atoms with Crippen molar-refractivity contribution >= 4 is 17.2 Å². The molecule has 0 spiro atoms. The Bertz CT molecular complexity index is 627. The summed E-state index contributed by atoms with van der Waals surface area (Å²) in [6.45, 7) is 0.0509. The molecule has 0 radical (unpaired) electrons. The Morgan fingerprint density at radius 1 is 1.27 bits per heavy atom. The largest absolute Gasteiger partial charge is 0.395 e. The van der Waals surface area contributed by atoms with Crippen LogP contribution in [-0.4, -0.2) is 52.3 Å². The van der Waals surface area contributed by atoms with E-state index < -0.39 is 0 Å². The third kappa shape index (κ3) is 4.33. The molecule has 2 rings (SSSR count). The minimum absolute atomic E-state index is 0.0891. The van der Waals surface area contributed by atoms with E-state index in [1.54, 1.807) is 17.5 Å². The van der Waals surface area contributed by atoms with Gasteiger partial charge in [-0.05, 0) is 12.1 Å². The van der Waals surface area contributed by atoms with Crippen LogP contribution in [0.5, 0.6) is 0 Å². The summed E-state index contributed by atoms with van der Waals surface area (Å²) in [5.41, 5.74) is 1.27. The topological polar surface area (TPSA) is 73.7 Å². The molecular weight excluding hydrogens is 307 g/mol. The highest BCUT2D eigenvalue weighted by molar-refractivity contribution is 7.13. The van der Waals surface area contributed by atoms with Crippen LogP contribution in [0.15, 0.2) is 29.6 Å². The van der Waals surface area contributed by atoms with Crippen LogP contribution in [-0.2, 0) is 11.2 Å². The third-order valence-corrected chi connectivity index (χ3v) is 3.99. The molecule has 1 aromatic carbocycles. The van der Waals surface area contributed by atoms with Crippen molar-refractivity contribution in [1.29, 1.82) is 0 Å². The van der Waals surface area contributed by atoms with Gasteiger partial charge in [-0.15, -0.1) is 11.3 Å². The van der Waals surface area contributed by atoms with Crippen LogP contribution in [0.1, 0.15) is 5.69 Å². The summed E-state index contributed by atoms with van der Waals surface area (Å²) in [5.74, 6) is -0.540. The third-order valence-electron chi connectivity index (χ3n) is 3.05. The predicted octanol–water partition coefficient (Wildman–Crippen LogP) is 1.30. The average Bonchev–Trinajstić information content (AvgIpc) is 2.95. The van der Waals surface area contributed by atoms with E-state index in [4.69, 9.17) is 10.2 Å². The molecule has 0 aliphatic carbocycles. The lowest BCUT2D eigenvalue weighted by molar-refractivity contribution is -0.131. The van der Waals surface area contributed by atoms with Gasteiger partial charge in [-0.25, -0.2) is 9.37 Å². The number of rotatable bonds is 7. The highest BCUT2D eigenvalue weighted by atomic mass is 32.1. The second-order valence-electron chi connectivity index (χ2n) is 4.66. The molecule has 0 atom stereocenters. The number of hydrogen-bond donors (Lipinski definition) is 2. The van der Waals surface area contributed by atoms with Gasteiger partial charge in [0.15, 0.2) is 0 Å². The number of aliphatic hydroxyl groups excluding tert-OH is 2. The molecule has 0 bridgehead atoms. The minimum Gasteiger partial charge on any atom is -0.395 e. The van der Waals surface area contributed by atoms with Crippen molar-refractivity contribution in [2.45, 2.75) is 6.42 Å². The van der Waals surface area contributed by atoms with Gasteiger partial charge >= 0.3 is 0 Å². The molecule has 2 N–H and O–H groups in total.